The van der Waals surface area contributed by atoms with E-state index in [9.17, 15) is 13.2 Å². The molecule has 8 nitrogen and oxygen atoms in total. The van der Waals surface area contributed by atoms with E-state index in [0.29, 0.717) is 12.4 Å². The van der Waals surface area contributed by atoms with Gasteiger partial charge in [-0.05, 0) is 24.1 Å². The fraction of sp³-hybridized carbons (Fsp3) is 0.350. The molecular weight excluding hydrogens is 396 g/mol. The first-order chi connectivity index (χ1) is 13.9. The molecule has 2 aromatic rings. The van der Waals surface area contributed by atoms with Gasteiger partial charge in [0.1, 0.15) is 6.04 Å². The number of hydrogen-bond donors (Lipinski definition) is 2. The topological polar surface area (TPSA) is 103 Å². The summed E-state index contributed by atoms with van der Waals surface area (Å²) in [5.74, 6) is 0.249. The van der Waals surface area contributed by atoms with E-state index in [0.717, 1.165) is 5.56 Å². The molecule has 0 aliphatic heterocycles. The van der Waals surface area contributed by atoms with E-state index in [2.05, 4.69) is 10.0 Å². The van der Waals surface area contributed by atoms with Crippen LogP contribution in [0.15, 0.2) is 53.4 Å². The molecule has 2 N–H and O–H groups in total. The van der Waals surface area contributed by atoms with Crippen molar-refractivity contribution in [2.75, 3.05) is 34.5 Å². The maximum atomic E-state index is 12.9. The van der Waals surface area contributed by atoms with Gasteiger partial charge in [-0.2, -0.15) is 4.72 Å². The number of methoxy groups -OCH3 is 3. The second-order valence-corrected chi connectivity index (χ2v) is 7.88. The summed E-state index contributed by atoms with van der Waals surface area (Å²) < 4.78 is 43.6. The van der Waals surface area contributed by atoms with Gasteiger partial charge >= 0.3 is 0 Å². The third-order valence-electron chi connectivity index (χ3n) is 4.17. The van der Waals surface area contributed by atoms with Gasteiger partial charge in [0.2, 0.25) is 15.9 Å². The second-order valence-electron chi connectivity index (χ2n) is 6.16. The lowest BCUT2D eigenvalue weighted by molar-refractivity contribution is -0.122. The number of sulfonamides is 1. The fourth-order valence-electron chi connectivity index (χ4n) is 2.68. The first-order valence-corrected chi connectivity index (χ1v) is 10.4. The van der Waals surface area contributed by atoms with Crippen molar-refractivity contribution in [3.8, 4) is 11.5 Å². The number of amides is 1. The van der Waals surface area contributed by atoms with Crippen LogP contribution in [0.4, 0.5) is 0 Å². The highest BCUT2D eigenvalue weighted by Gasteiger charge is 2.26. The normalized spacial score (nSPS) is 12.2. The Morgan fingerprint density at radius 3 is 2.31 bits per heavy atom. The Balaban J connectivity index is 2.26. The van der Waals surface area contributed by atoms with Crippen LogP contribution in [0, 0.1) is 0 Å². The van der Waals surface area contributed by atoms with Gasteiger partial charge < -0.3 is 19.5 Å². The van der Waals surface area contributed by atoms with Crippen LogP contribution in [0.1, 0.15) is 5.56 Å². The van der Waals surface area contributed by atoms with Crippen LogP contribution in [0.5, 0.6) is 11.5 Å². The van der Waals surface area contributed by atoms with Crippen LogP contribution < -0.4 is 19.5 Å². The van der Waals surface area contributed by atoms with Crippen molar-refractivity contribution in [2.24, 2.45) is 0 Å². The van der Waals surface area contributed by atoms with Crippen LogP contribution >= 0.6 is 0 Å². The number of ether oxygens (including phenoxy) is 3. The Labute approximate surface area is 171 Å². The van der Waals surface area contributed by atoms with Crippen molar-refractivity contribution in [3.63, 3.8) is 0 Å². The van der Waals surface area contributed by atoms with Crippen LogP contribution in [0.3, 0.4) is 0 Å². The largest absolute Gasteiger partial charge is 0.493 e. The molecule has 0 bridgehead atoms. The highest BCUT2D eigenvalue weighted by atomic mass is 32.2. The van der Waals surface area contributed by atoms with Gasteiger partial charge in [-0.15, -0.1) is 0 Å². The molecule has 0 spiro atoms. The van der Waals surface area contributed by atoms with Gasteiger partial charge in [-0.1, -0.05) is 30.3 Å². The minimum Gasteiger partial charge on any atom is -0.493 e. The van der Waals surface area contributed by atoms with Crippen LogP contribution in [0.2, 0.25) is 0 Å². The molecule has 0 aromatic heterocycles. The van der Waals surface area contributed by atoms with Gasteiger partial charge in [-0.3, -0.25) is 4.79 Å². The first kappa shape index (κ1) is 22.7. The van der Waals surface area contributed by atoms with Crippen LogP contribution in [0.25, 0.3) is 0 Å². The number of carbonyl (C=O) groups is 1. The predicted octanol–water partition coefficient (Wildman–Crippen LogP) is 1.36. The molecule has 29 heavy (non-hydrogen) atoms. The van der Waals surface area contributed by atoms with Crippen molar-refractivity contribution < 1.29 is 27.4 Å². The monoisotopic (exact) mass is 422 g/mol. The van der Waals surface area contributed by atoms with Crippen molar-refractivity contribution in [3.05, 3.63) is 54.1 Å². The summed E-state index contributed by atoms with van der Waals surface area (Å²) >= 11 is 0. The molecule has 2 rings (SSSR count). The molecule has 1 amide bonds. The molecule has 0 heterocycles. The Morgan fingerprint density at radius 2 is 1.69 bits per heavy atom. The molecule has 0 aliphatic carbocycles. The SMILES string of the molecule is COCCNC(=O)[C@@H](Cc1ccccc1)NS(=O)(=O)c1ccc(OC)c(OC)c1. The third kappa shape index (κ3) is 6.45. The summed E-state index contributed by atoms with van der Waals surface area (Å²) in [5, 5.41) is 2.68. The van der Waals surface area contributed by atoms with E-state index in [4.69, 9.17) is 14.2 Å². The highest BCUT2D eigenvalue weighted by Crippen LogP contribution is 2.29. The zero-order valence-electron chi connectivity index (χ0n) is 16.7. The molecular formula is C20H26N2O6S. The number of hydrogen-bond acceptors (Lipinski definition) is 6. The van der Waals surface area contributed by atoms with E-state index in [1.165, 1.54) is 39.5 Å². The smallest absolute Gasteiger partial charge is 0.241 e. The summed E-state index contributed by atoms with van der Waals surface area (Å²) in [5.41, 5.74) is 0.828. The maximum absolute atomic E-state index is 12.9. The lowest BCUT2D eigenvalue weighted by atomic mass is 10.1. The van der Waals surface area contributed by atoms with Crippen LogP contribution in [-0.4, -0.2) is 54.8 Å². The predicted molar refractivity (Wildman–Crippen MR) is 109 cm³/mol. The highest BCUT2D eigenvalue weighted by molar-refractivity contribution is 7.89. The Bertz CT molecular complexity index is 902. The molecule has 0 saturated heterocycles. The zero-order valence-corrected chi connectivity index (χ0v) is 17.5. The molecule has 2 aromatic carbocycles. The minimum absolute atomic E-state index is 0.0297. The summed E-state index contributed by atoms with van der Waals surface area (Å²) in [6.45, 7) is 0.602. The lowest BCUT2D eigenvalue weighted by Crippen LogP contribution is -2.48. The number of benzene rings is 2. The average Bonchev–Trinajstić information content (AvgIpc) is 2.73. The van der Waals surface area contributed by atoms with Gasteiger partial charge in [-0.25, -0.2) is 8.42 Å². The van der Waals surface area contributed by atoms with Gasteiger partial charge in [0, 0.05) is 19.7 Å². The Hall–Kier alpha value is -2.62. The van der Waals surface area contributed by atoms with E-state index in [1.54, 1.807) is 0 Å². The quantitative estimate of drug-likeness (QED) is 0.530. The fourth-order valence-corrected chi connectivity index (χ4v) is 3.89. The minimum atomic E-state index is -3.99. The third-order valence-corrected chi connectivity index (χ3v) is 5.64. The maximum Gasteiger partial charge on any atom is 0.241 e. The number of rotatable bonds is 11. The van der Waals surface area contributed by atoms with Crippen molar-refractivity contribution in [1.82, 2.24) is 10.0 Å². The molecule has 0 aliphatic rings. The summed E-state index contributed by atoms with van der Waals surface area (Å²) in [6, 6.07) is 12.4. The lowest BCUT2D eigenvalue weighted by Gasteiger charge is -2.19. The van der Waals surface area contributed by atoms with Crippen molar-refractivity contribution in [1.29, 1.82) is 0 Å². The van der Waals surface area contributed by atoms with Crippen molar-refractivity contribution in [2.45, 2.75) is 17.4 Å². The molecule has 9 heteroatoms. The standard InChI is InChI=1S/C20H26N2O6S/c1-26-12-11-21-20(23)17(13-15-7-5-4-6-8-15)22-29(24,25)16-9-10-18(27-2)19(14-16)28-3/h4-10,14,17,22H,11-13H2,1-3H3,(H,21,23)/t17-/m1/s1. The second kappa shape index (κ2) is 10.8. The zero-order chi connectivity index (χ0) is 21.3. The van der Waals surface area contributed by atoms with Gasteiger partial charge in [0.25, 0.3) is 0 Å². The molecule has 158 valence electrons. The van der Waals surface area contributed by atoms with Crippen LogP contribution in [-0.2, 0) is 26.0 Å². The van der Waals surface area contributed by atoms with E-state index in [1.807, 2.05) is 30.3 Å². The average molecular weight is 423 g/mol. The number of nitrogens with one attached hydrogen (secondary N) is 2. The summed E-state index contributed by atoms with van der Waals surface area (Å²) in [4.78, 5) is 12.6. The first-order valence-electron chi connectivity index (χ1n) is 8.96. The summed E-state index contributed by atoms with van der Waals surface area (Å²) in [6.07, 6.45) is 0.201. The summed E-state index contributed by atoms with van der Waals surface area (Å²) in [7, 11) is 0.413. The Kier molecular flexibility index (Phi) is 8.44. The van der Waals surface area contributed by atoms with Crippen molar-refractivity contribution >= 4 is 15.9 Å². The molecule has 0 unspecified atom stereocenters. The van der Waals surface area contributed by atoms with E-state index < -0.39 is 22.0 Å². The molecule has 0 fully saturated rings. The Morgan fingerprint density at radius 1 is 1.00 bits per heavy atom. The van der Waals surface area contributed by atoms with Gasteiger partial charge in [0.15, 0.2) is 11.5 Å². The van der Waals surface area contributed by atoms with E-state index >= 15 is 0 Å². The number of carbonyl (C=O) groups excluding carboxylic acids is 1. The molecule has 1 atom stereocenters. The van der Waals surface area contributed by atoms with E-state index in [-0.39, 0.29) is 23.6 Å². The molecule has 0 radical (unpaired) electrons. The van der Waals surface area contributed by atoms with Gasteiger partial charge in [0.05, 0.1) is 25.7 Å². The molecule has 0 saturated carbocycles.